The zero-order chi connectivity index (χ0) is 18.5. The number of anilines is 2. The summed E-state index contributed by atoms with van der Waals surface area (Å²) in [7, 11) is 0. The number of carbonyl (C=O) groups is 1. The maximum Gasteiger partial charge on any atom is 0.270 e. The second-order valence-electron chi connectivity index (χ2n) is 5.22. The van der Waals surface area contributed by atoms with Gasteiger partial charge in [-0.3, -0.25) is 20.2 Å². The highest BCUT2D eigenvalue weighted by atomic mass is 16.6. The lowest BCUT2D eigenvalue weighted by Gasteiger charge is -2.00. The highest BCUT2D eigenvalue weighted by molar-refractivity contribution is 6.01. The van der Waals surface area contributed by atoms with Crippen LogP contribution in [0.3, 0.4) is 0 Å². The zero-order valence-electron chi connectivity index (χ0n) is 13.4. The lowest BCUT2D eigenvalue weighted by Crippen LogP contribution is -2.09. The summed E-state index contributed by atoms with van der Waals surface area (Å²) in [4.78, 5) is 26.2. The number of amides is 1. The minimum absolute atomic E-state index is 0.0522. The number of hydrogen-bond acceptors (Lipinski definition) is 6. The predicted octanol–water partition coefficient (Wildman–Crippen LogP) is 2.41. The topological polar surface area (TPSA) is 129 Å². The van der Waals surface area contributed by atoms with E-state index in [1.54, 1.807) is 24.3 Å². The maximum atomic E-state index is 12.0. The third-order valence-corrected chi connectivity index (χ3v) is 3.38. The molecule has 0 unspecified atom stereocenters. The number of nitro benzene ring substituents is 1. The van der Waals surface area contributed by atoms with Gasteiger partial charge in [-0.2, -0.15) is 9.67 Å². The molecular formula is C17H14N6O3. The monoisotopic (exact) mass is 350 g/mol. The smallest absolute Gasteiger partial charge is 0.270 e. The third-order valence-electron chi connectivity index (χ3n) is 3.38. The predicted molar refractivity (Wildman–Crippen MR) is 96.5 cm³/mol. The summed E-state index contributed by atoms with van der Waals surface area (Å²) in [6.45, 7) is 0. The Morgan fingerprint density at radius 3 is 2.69 bits per heavy atom. The summed E-state index contributed by atoms with van der Waals surface area (Å²) in [5.74, 6) is -0.295. The molecule has 0 bridgehead atoms. The molecule has 0 saturated heterocycles. The molecule has 1 heterocycles. The van der Waals surface area contributed by atoms with Gasteiger partial charge in [0.25, 0.3) is 17.5 Å². The number of nitrogens with zero attached hydrogens (tertiary/aromatic N) is 4. The van der Waals surface area contributed by atoms with Gasteiger partial charge in [-0.25, -0.2) is 0 Å². The molecular weight excluding hydrogens is 336 g/mol. The fourth-order valence-electron chi connectivity index (χ4n) is 2.20. The van der Waals surface area contributed by atoms with E-state index < -0.39 is 10.8 Å². The van der Waals surface area contributed by atoms with Gasteiger partial charge in [0, 0.05) is 18.2 Å². The van der Waals surface area contributed by atoms with Crippen molar-refractivity contribution >= 4 is 29.6 Å². The van der Waals surface area contributed by atoms with Gasteiger partial charge in [-0.15, -0.1) is 5.10 Å². The summed E-state index contributed by atoms with van der Waals surface area (Å²) in [5.41, 5.74) is 7.00. The molecule has 0 radical (unpaired) electrons. The van der Waals surface area contributed by atoms with Crippen molar-refractivity contribution in [2.75, 3.05) is 11.1 Å². The first kappa shape index (κ1) is 16.8. The molecule has 0 aliphatic rings. The van der Waals surface area contributed by atoms with Gasteiger partial charge in [0.1, 0.15) is 0 Å². The van der Waals surface area contributed by atoms with Crippen LogP contribution >= 0.6 is 0 Å². The van der Waals surface area contributed by atoms with Crippen LogP contribution in [0.4, 0.5) is 17.6 Å². The number of para-hydroxylation sites is 1. The minimum Gasteiger partial charge on any atom is -0.368 e. The average Bonchev–Trinajstić information content (AvgIpc) is 3.01. The summed E-state index contributed by atoms with van der Waals surface area (Å²) in [6.07, 6.45) is 2.69. The van der Waals surface area contributed by atoms with Gasteiger partial charge < -0.3 is 5.73 Å². The van der Waals surface area contributed by atoms with Crippen LogP contribution in [-0.2, 0) is 4.79 Å². The fraction of sp³-hybridized carbons (Fsp3) is 0. The van der Waals surface area contributed by atoms with E-state index in [-0.39, 0.29) is 17.6 Å². The largest absolute Gasteiger partial charge is 0.368 e. The number of non-ortho nitro benzene ring substituents is 1. The van der Waals surface area contributed by atoms with Crippen molar-refractivity contribution in [3.8, 4) is 5.69 Å². The summed E-state index contributed by atoms with van der Waals surface area (Å²) >= 11 is 0. The standard InChI is InChI=1S/C17H14N6O3/c18-16-20-17(21-22(16)13-6-2-1-3-7-13)19-15(24)10-9-12-5-4-8-14(11-12)23(25)26/h1-11H,(H3,18,19,20,21,24)/b10-9+. The van der Waals surface area contributed by atoms with Crippen LogP contribution in [0.1, 0.15) is 5.56 Å². The second-order valence-corrected chi connectivity index (χ2v) is 5.22. The van der Waals surface area contributed by atoms with Gasteiger partial charge in [-0.1, -0.05) is 30.3 Å². The zero-order valence-corrected chi connectivity index (χ0v) is 13.4. The average molecular weight is 350 g/mol. The Morgan fingerprint density at radius 2 is 1.96 bits per heavy atom. The van der Waals surface area contributed by atoms with E-state index in [0.717, 1.165) is 0 Å². The summed E-state index contributed by atoms with van der Waals surface area (Å²) < 4.78 is 1.40. The molecule has 130 valence electrons. The number of nitrogens with one attached hydrogen (secondary N) is 1. The van der Waals surface area contributed by atoms with Gasteiger partial charge in [-0.05, 0) is 23.8 Å². The van der Waals surface area contributed by atoms with Crippen LogP contribution in [0.15, 0.2) is 60.7 Å². The molecule has 0 fully saturated rings. The molecule has 0 saturated carbocycles. The number of rotatable bonds is 5. The number of aromatic nitrogens is 3. The number of carbonyl (C=O) groups excluding carboxylic acids is 1. The lowest BCUT2D eigenvalue weighted by atomic mass is 10.2. The third kappa shape index (κ3) is 3.90. The number of hydrogen-bond donors (Lipinski definition) is 2. The van der Waals surface area contributed by atoms with E-state index in [1.165, 1.54) is 29.0 Å². The van der Waals surface area contributed by atoms with Crippen LogP contribution in [0, 0.1) is 10.1 Å². The molecule has 9 heteroatoms. The number of nitro groups is 1. The Hall–Kier alpha value is -4.01. The first-order valence-electron chi connectivity index (χ1n) is 7.54. The van der Waals surface area contributed by atoms with Crippen LogP contribution < -0.4 is 11.1 Å². The molecule has 2 aromatic carbocycles. The van der Waals surface area contributed by atoms with Crippen molar-refractivity contribution in [3.05, 3.63) is 76.4 Å². The molecule has 1 amide bonds. The number of nitrogens with two attached hydrogens (primary N) is 1. The Kier molecular flexibility index (Phi) is 4.70. The van der Waals surface area contributed by atoms with Crippen molar-refractivity contribution in [1.29, 1.82) is 0 Å². The van der Waals surface area contributed by atoms with Crippen molar-refractivity contribution in [2.45, 2.75) is 0 Å². The van der Waals surface area contributed by atoms with Crippen molar-refractivity contribution in [3.63, 3.8) is 0 Å². The van der Waals surface area contributed by atoms with Crippen molar-refractivity contribution in [1.82, 2.24) is 14.8 Å². The molecule has 3 rings (SSSR count). The van der Waals surface area contributed by atoms with Crippen LogP contribution in [-0.4, -0.2) is 25.6 Å². The van der Waals surface area contributed by atoms with Gasteiger partial charge in [0.2, 0.25) is 5.95 Å². The molecule has 9 nitrogen and oxygen atoms in total. The van der Waals surface area contributed by atoms with E-state index in [0.29, 0.717) is 11.3 Å². The number of benzene rings is 2. The Bertz CT molecular complexity index is 981. The summed E-state index contributed by atoms with van der Waals surface area (Å²) in [5, 5.41) is 17.4. The molecule has 3 aromatic rings. The second kappa shape index (κ2) is 7.26. The van der Waals surface area contributed by atoms with Gasteiger partial charge in [0.15, 0.2) is 0 Å². The fourth-order valence-corrected chi connectivity index (χ4v) is 2.20. The molecule has 1 aromatic heterocycles. The molecule has 0 spiro atoms. The van der Waals surface area contributed by atoms with E-state index >= 15 is 0 Å². The van der Waals surface area contributed by atoms with E-state index in [2.05, 4.69) is 15.4 Å². The van der Waals surface area contributed by atoms with Crippen LogP contribution in [0.25, 0.3) is 11.8 Å². The quantitative estimate of drug-likeness (QED) is 0.413. The van der Waals surface area contributed by atoms with Gasteiger partial charge in [0.05, 0.1) is 10.6 Å². The van der Waals surface area contributed by atoms with Crippen molar-refractivity contribution < 1.29 is 9.72 Å². The lowest BCUT2D eigenvalue weighted by molar-refractivity contribution is -0.384. The Balaban J connectivity index is 1.71. The first-order valence-corrected chi connectivity index (χ1v) is 7.54. The molecule has 26 heavy (non-hydrogen) atoms. The highest BCUT2D eigenvalue weighted by Crippen LogP contribution is 2.15. The van der Waals surface area contributed by atoms with E-state index in [4.69, 9.17) is 5.73 Å². The minimum atomic E-state index is -0.500. The molecule has 3 N–H and O–H groups in total. The first-order chi connectivity index (χ1) is 12.5. The maximum absolute atomic E-state index is 12.0. The SMILES string of the molecule is Nc1nc(NC(=O)/C=C/c2cccc([N+](=O)[O-])c2)nn1-c1ccccc1. The van der Waals surface area contributed by atoms with E-state index in [1.807, 2.05) is 18.2 Å². The molecule has 0 atom stereocenters. The van der Waals surface area contributed by atoms with Crippen LogP contribution in [0.2, 0.25) is 0 Å². The van der Waals surface area contributed by atoms with E-state index in [9.17, 15) is 14.9 Å². The van der Waals surface area contributed by atoms with Crippen molar-refractivity contribution in [2.24, 2.45) is 0 Å². The van der Waals surface area contributed by atoms with Crippen LogP contribution in [0.5, 0.6) is 0 Å². The normalized spacial score (nSPS) is 10.8. The highest BCUT2D eigenvalue weighted by Gasteiger charge is 2.10. The van der Waals surface area contributed by atoms with Gasteiger partial charge >= 0.3 is 0 Å². The summed E-state index contributed by atoms with van der Waals surface area (Å²) in [6, 6.07) is 15.1. The molecule has 0 aliphatic heterocycles. The number of nitrogen functional groups attached to an aromatic ring is 1. The Labute approximate surface area is 147 Å². The Morgan fingerprint density at radius 1 is 1.19 bits per heavy atom. The molecule has 0 aliphatic carbocycles.